The number of hydrogen-bond acceptors (Lipinski definition) is 2. The third-order valence-electron chi connectivity index (χ3n) is 5.51. The van der Waals surface area contributed by atoms with Crippen molar-refractivity contribution in [2.24, 2.45) is 23.2 Å². The summed E-state index contributed by atoms with van der Waals surface area (Å²) in [5, 5.41) is 18.5. The fourth-order valence-corrected chi connectivity index (χ4v) is 5.07. The van der Waals surface area contributed by atoms with Crippen molar-refractivity contribution in [2.75, 3.05) is 0 Å². The topological polar surface area (TPSA) is 57.5 Å². The van der Waals surface area contributed by atoms with Crippen molar-refractivity contribution >= 4 is 5.97 Å². The molecule has 0 amide bonds. The van der Waals surface area contributed by atoms with Gasteiger partial charge in [0.1, 0.15) is 0 Å². The number of carboxylic acids is 1. The Morgan fingerprint density at radius 3 is 2.76 bits per heavy atom. The van der Waals surface area contributed by atoms with Crippen molar-refractivity contribution in [2.45, 2.75) is 57.5 Å². The van der Waals surface area contributed by atoms with Gasteiger partial charge in [-0.3, -0.25) is 0 Å². The number of carboxylic acid groups (broad SMARTS) is 1. The largest absolute Gasteiger partial charge is 0.479 e. The molecule has 5 atom stereocenters. The lowest BCUT2D eigenvalue weighted by Gasteiger charge is -2.38. The van der Waals surface area contributed by atoms with Crippen molar-refractivity contribution in [3.8, 4) is 0 Å². The monoisotopic (exact) mass is 238 g/mol. The maximum atomic E-state index is 10.8. The first kappa shape index (κ1) is 11.5. The van der Waals surface area contributed by atoms with Crippen LogP contribution in [0.15, 0.2) is 0 Å². The first-order valence-corrected chi connectivity index (χ1v) is 6.99. The average Bonchev–Trinajstić information content (AvgIpc) is 2.39. The second-order valence-electron chi connectivity index (χ2n) is 6.72. The molecule has 3 aliphatic carbocycles. The maximum Gasteiger partial charge on any atom is 0.332 e. The van der Waals surface area contributed by atoms with Crippen LogP contribution in [0.25, 0.3) is 0 Å². The molecule has 0 aromatic heterocycles. The van der Waals surface area contributed by atoms with Gasteiger partial charge in [-0.05, 0) is 55.3 Å². The summed E-state index contributed by atoms with van der Waals surface area (Å²) in [5.41, 5.74) is 0.163. The van der Waals surface area contributed by atoms with Gasteiger partial charge in [-0.25, -0.2) is 4.79 Å². The fourth-order valence-electron chi connectivity index (χ4n) is 5.07. The van der Waals surface area contributed by atoms with Crippen LogP contribution in [0.1, 0.15) is 51.4 Å². The highest BCUT2D eigenvalue weighted by Crippen LogP contribution is 2.61. The Morgan fingerprint density at radius 1 is 1.24 bits per heavy atom. The molecular weight excluding hydrogens is 216 g/mol. The van der Waals surface area contributed by atoms with E-state index in [1.165, 1.54) is 44.9 Å². The van der Waals surface area contributed by atoms with Gasteiger partial charge in [-0.2, -0.15) is 0 Å². The van der Waals surface area contributed by atoms with E-state index in [9.17, 15) is 9.90 Å². The molecule has 0 heterocycles. The molecule has 3 aliphatic rings. The normalized spacial score (nSPS) is 45.6. The highest BCUT2D eigenvalue weighted by molar-refractivity contribution is 5.71. The predicted octanol–water partition coefficient (Wildman–Crippen LogP) is 2.43. The predicted molar refractivity (Wildman–Crippen MR) is 63.5 cm³/mol. The van der Waals surface area contributed by atoms with Gasteiger partial charge in [0.2, 0.25) is 0 Å². The highest BCUT2D eigenvalue weighted by atomic mass is 16.4. The van der Waals surface area contributed by atoms with Crippen molar-refractivity contribution in [1.29, 1.82) is 0 Å². The highest BCUT2D eigenvalue weighted by Gasteiger charge is 2.52. The lowest BCUT2D eigenvalue weighted by atomic mass is 9.67. The molecule has 0 radical (unpaired) electrons. The third kappa shape index (κ3) is 1.99. The van der Waals surface area contributed by atoms with Gasteiger partial charge in [0.05, 0.1) is 0 Å². The van der Waals surface area contributed by atoms with Crippen LogP contribution in [0, 0.1) is 23.2 Å². The lowest BCUT2D eigenvalue weighted by molar-refractivity contribution is -0.149. The number of rotatable bonds is 3. The molecule has 3 fully saturated rings. The summed E-state index contributed by atoms with van der Waals surface area (Å²) in [5.74, 6) is 1.42. The van der Waals surface area contributed by atoms with Crippen molar-refractivity contribution < 1.29 is 15.0 Å². The Bertz CT molecular complexity index is 323. The molecule has 0 aromatic carbocycles. The van der Waals surface area contributed by atoms with E-state index in [0.717, 1.165) is 17.8 Å². The Hall–Kier alpha value is -0.570. The van der Waals surface area contributed by atoms with Crippen molar-refractivity contribution in [1.82, 2.24) is 0 Å². The summed E-state index contributed by atoms with van der Waals surface area (Å²) in [6.45, 7) is 0. The quantitative estimate of drug-likeness (QED) is 0.794. The van der Waals surface area contributed by atoms with E-state index >= 15 is 0 Å². The van der Waals surface area contributed by atoms with E-state index in [2.05, 4.69) is 0 Å². The van der Waals surface area contributed by atoms with Gasteiger partial charge in [0.15, 0.2) is 6.10 Å². The fraction of sp³-hybridized carbons (Fsp3) is 0.929. The van der Waals surface area contributed by atoms with Gasteiger partial charge < -0.3 is 10.2 Å². The standard InChI is InChI=1S/C14H22O3/c15-12(13(16)17)8-14-5-9-2-1-3-10(6-14)11(4-9)7-14/h9-12,15H,1-8H2,(H,16,17). The number of aliphatic hydroxyl groups excluding tert-OH is 1. The summed E-state index contributed by atoms with van der Waals surface area (Å²) >= 11 is 0. The van der Waals surface area contributed by atoms with E-state index in [-0.39, 0.29) is 5.41 Å². The minimum Gasteiger partial charge on any atom is -0.479 e. The van der Waals surface area contributed by atoms with Crippen LogP contribution in [0.3, 0.4) is 0 Å². The SMILES string of the molecule is O=C(O)C(O)CC12CC3CCCC(C1)C(C3)C2. The number of aliphatic carboxylic acids is 1. The van der Waals surface area contributed by atoms with E-state index in [4.69, 9.17) is 5.11 Å². The average molecular weight is 238 g/mol. The summed E-state index contributed by atoms with van der Waals surface area (Å²) in [7, 11) is 0. The summed E-state index contributed by atoms with van der Waals surface area (Å²) in [6.07, 6.45) is 8.28. The molecule has 3 bridgehead atoms. The Kier molecular flexibility index (Phi) is 2.69. The maximum absolute atomic E-state index is 10.8. The van der Waals surface area contributed by atoms with Gasteiger partial charge in [0, 0.05) is 0 Å². The van der Waals surface area contributed by atoms with Gasteiger partial charge in [-0.15, -0.1) is 0 Å². The van der Waals surface area contributed by atoms with Gasteiger partial charge in [0.25, 0.3) is 0 Å². The number of carbonyl (C=O) groups is 1. The lowest BCUT2D eigenvalue weighted by Crippen LogP contribution is -2.33. The molecule has 96 valence electrons. The summed E-state index contributed by atoms with van der Waals surface area (Å²) in [4.78, 5) is 10.8. The first-order chi connectivity index (χ1) is 8.08. The van der Waals surface area contributed by atoms with Crippen molar-refractivity contribution in [3.05, 3.63) is 0 Å². The molecular formula is C14H22O3. The molecule has 0 aliphatic heterocycles. The number of aliphatic hydroxyl groups is 1. The van der Waals surface area contributed by atoms with E-state index in [0.29, 0.717) is 6.42 Å². The van der Waals surface area contributed by atoms with E-state index in [1.807, 2.05) is 0 Å². The molecule has 0 aromatic rings. The minimum atomic E-state index is -1.15. The van der Waals surface area contributed by atoms with Gasteiger partial charge >= 0.3 is 5.97 Å². The van der Waals surface area contributed by atoms with Crippen LogP contribution in [-0.4, -0.2) is 22.3 Å². The van der Waals surface area contributed by atoms with Crippen LogP contribution in [0.4, 0.5) is 0 Å². The second kappa shape index (κ2) is 3.98. The minimum absolute atomic E-state index is 0.163. The molecule has 3 rings (SSSR count). The molecule has 17 heavy (non-hydrogen) atoms. The second-order valence-corrected chi connectivity index (χ2v) is 6.72. The van der Waals surface area contributed by atoms with E-state index < -0.39 is 12.1 Å². The third-order valence-corrected chi connectivity index (χ3v) is 5.51. The molecule has 2 N–H and O–H groups in total. The Balaban J connectivity index is 1.77. The van der Waals surface area contributed by atoms with Crippen LogP contribution in [-0.2, 0) is 4.79 Å². The van der Waals surface area contributed by atoms with Crippen LogP contribution >= 0.6 is 0 Å². The van der Waals surface area contributed by atoms with Crippen LogP contribution < -0.4 is 0 Å². The summed E-state index contributed by atoms with van der Waals surface area (Å²) < 4.78 is 0. The number of hydrogen-bond donors (Lipinski definition) is 2. The molecule has 3 saturated carbocycles. The first-order valence-electron chi connectivity index (χ1n) is 6.99. The zero-order valence-corrected chi connectivity index (χ0v) is 10.3. The van der Waals surface area contributed by atoms with Crippen molar-refractivity contribution in [3.63, 3.8) is 0 Å². The Morgan fingerprint density at radius 2 is 2.00 bits per heavy atom. The molecule has 3 nitrogen and oxygen atoms in total. The molecule has 5 unspecified atom stereocenters. The van der Waals surface area contributed by atoms with Gasteiger partial charge in [-0.1, -0.05) is 19.3 Å². The van der Waals surface area contributed by atoms with Crippen LogP contribution in [0.5, 0.6) is 0 Å². The molecule has 0 saturated heterocycles. The zero-order chi connectivity index (χ0) is 12.0. The van der Waals surface area contributed by atoms with Crippen LogP contribution in [0.2, 0.25) is 0 Å². The Labute approximate surface area is 102 Å². The number of fused-ring (bicyclic) bond motifs is 2. The smallest absolute Gasteiger partial charge is 0.332 e. The zero-order valence-electron chi connectivity index (χ0n) is 10.3. The van der Waals surface area contributed by atoms with E-state index in [1.54, 1.807) is 0 Å². The summed E-state index contributed by atoms with van der Waals surface area (Å²) in [6, 6.07) is 0. The molecule has 0 spiro atoms. The molecule has 3 heteroatoms.